The van der Waals surface area contributed by atoms with E-state index in [1.807, 2.05) is 24.3 Å². The summed E-state index contributed by atoms with van der Waals surface area (Å²) < 4.78 is 0. The minimum Gasteiger partial charge on any atom is -0.375 e. The van der Waals surface area contributed by atoms with Crippen LogP contribution in [-0.2, 0) is 0 Å². The standard InChI is InChI=1S/C20H26N4O2/c1-3-4-5-6-7-16-23(2)19-12-8-17(9-13-19)21-22-18-10-14-20(15-11-18)24(25)26/h8-15H,3-7,16H2,1-2H3. The Balaban J connectivity index is 1.87. The fourth-order valence-corrected chi connectivity index (χ4v) is 2.61. The number of hydrogen-bond donors (Lipinski definition) is 0. The van der Waals surface area contributed by atoms with Gasteiger partial charge in [0.15, 0.2) is 0 Å². The molecule has 26 heavy (non-hydrogen) atoms. The van der Waals surface area contributed by atoms with Crippen molar-refractivity contribution in [2.75, 3.05) is 18.5 Å². The van der Waals surface area contributed by atoms with E-state index in [2.05, 4.69) is 29.1 Å². The van der Waals surface area contributed by atoms with E-state index in [1.54, 1.807) is 12.1 Å². The summed E-state index contributed by atoms with van der Waals surface area (Å²) in [6.07, 6.45) is 6.38. The zero-order chi connectivity index (χ0) is 18.8. The Labute approximate surface area is 154 Å². The summed E-state index contributed by atoms with van der Waals surface area (Å²) in [5.41, 5.74) is 2.55. The van der Waals surface area contributed by atoms with Gasteiger partial charge in [-0.15, -0.1) is 0 Å². The van der Waals surface area contributed by atoms with Crippen molar-refractivity contribution >= 4 is 22.7 Å². The second-order valence-electron chi connectivity index (χ2n) is 6.33. The van der Waals surface area contributed by atoms with Crippen LogP contribution in [0.1, 0.15) is 39.0 Å². The molecule has 0 atom stereocenters. The highest BCUT2D eigenvalue weighted by Gasteiger charge is 2.03. The largest absolute Gasteiger partial charge is 0.375 e. The van der Waals surface area contributed by atoms with Gasteiger partial charge in [-0.25, -0.2) is 0 Å². The minimum atomic E-state index is -0.431. The van der Waals surface area contributed by atoms with E-state index in [0.29, 0.717) is 5.69 Å². The molecule has 0 aliphatic rings. The lowest BCUT2D eigenvalue weighted by Gasteiger charge is -2.19. The molecule has 138 valence electrons. The lowest BCUT2D eigenvalue weighted by atomic mass is 10.1. The SMILES string of the molecule is CCCCCCCN(C)c1ccc(N=Nc2ccc([N+](=O)[O-])cc2)cc1. The van der Waals surface area contributed by atoms with Gasteiger partial charge in [0.05, 0.1) is 16.3 Å². The predicted octanol–water partition coefficient (Wildman–Crippen LogP) is 6.42. The molecule has 0 amide bonds. The van der Waals surface area contributed by atoms with Gasteiger partial charge in [0.1, 0.15) is 0 Å². The Morgan fingerprint density at radius 1 is 0.885 bits per heavy atom. The topological polar surface area (TPSA) is 71.1 Å². The summed E-state index contributed by atoms with van der Waals surface area (Å²) in [5.74, 6) is 0. The molecule has 6 nitrogen and oxygen atoms in total. The second-order valence-corrected chi connectivity index (χ2v) is 6.33. The monoisotopic (exact) mass is 354 g/mol. The number of nitro groups is 1. The van der Waals surface area contributed by atoms with Crippen LogP contribution in [0.25, 0.3) is 0 Å². The van der Waals surface area contributed by atoms with Crippen LogP contribution in [0.5, 0.6) is 0 Å². The maximum Gasteiger partial charge on any atom is 0.269 e. The molecule has 0 radical (unpaired) electrons. The molecule has 0 spiro atoms. The van der Waals surface area contributed by atoms with Gasteiger partial charge in [-0.1, -0.05) is 32.6 Å². The summed E-state index contributed by atoms with van der Waals surface area (Å²) in [5, 5.41) is 18.9. The predicted molar refractivity (Wildman–Crippen MR) is 106 cm³/mol. The van der Waals surface area contributed by atoms with E-state index < -0.39 is 4.92 Å². The normalized spacial score (nSPS) is 11.0. The molecular weight excluding hydrogens is 328 g/mol. The van der Waals surface area contributed by atoms with Crippen LogP contribution in [-0.4, -0.2) is 18.5 Å². The first kappa shape index (κ1) is 19.6. The van der Waals surface area contributed by atoms with Gasteiger partial charge in [0.2, 0.25) is 0 Å². The van der Waals surface area contributed by atoms with E-state index in [-0.39, 0.29) is 5.69 Å². The van der Waals surface area contributed by atoms with Crippen molar-refractivity contribution in [1.29, 1.82) is 0 Å². The molecule has 0 aliphatic carbocycles. The van der Waals surface area contributed by atoms with Crippen molar-refractivity contribution in [2.45, 2.75) is 39.0 Å². The van der Waals surface area contributed by atoms with Crippen LogP contribution in [0.2, 0.25) is 0 Å². The maximum atomic E-state index is 10.6. The van der Waals surface area contributed by atoms with Crippen molar-refractivity contribution in [3.8, 4) is 0 Å². The van der Waals surface area contributed by atoms with E-state index >= 15 is 0 Å². The van der Waals surface area contributed by atoms with Gasteiger partial charge in [-0.3, -0.25) is 10.1 Å². The van der Waals surface area contributed by atoms with Gasteiger partial charge < -0.3 is 4.90 Å². The zero-order valence-corrected chi connectivity index (χ0v) is 15.5. The smallest absolute Gasteiger partial charge is 0.269 e. The number of anilines is 1. The number of hydrogen-bond acceptors (Lipinski definition) is 5. The van der Waals surface area contributed by atoms with E-state index in [9.17, 15) is 10.1 Å². The van der Waals surface area contributed by atoms with Crippen LogP contribution >= 0.6 is 0 Å². The van der Waals surface area contributed by atoms with Crippen molar-refractivity contribution in [3.63, 3.8) is 0 Å². The second kappa shape index (κ2) is 10.3. The van der Waals surface area contributed by atoms with Gasteiger partial charge in [0, 0.05) is 31.4 Å². The lowest BCUT2D eigenvalue weighted by molar-refractivity contribution is -0.384. The average molecular weight is 354 g/mol. The summed E-state index contributed by atoms with van der Waals surface area (Å²) in [7, 11) is 2.10. The van der Waals surface area contributed by atoms with Gasteiger partial charge in [-0.2, -0.15) is 10.2 Å². The number of rotatable bonds is 10. The van der Waals surface area contributed by atoms with Crippen LogP contribution in [0.3, 0.4) is 0 Å². The summed E-state index contributed by atoms with van der Waals surface area (Å²) in [6, 6.07) is 14.0. The molecule has 0 aromatic heterocycles. The maximum absolute atomic E-state index is 10.6. The average Bonchev–Trinajstić information content (AvgIpc) is 2.66. The Hall–Kier alpha value is -2.76. The first-order valence-corrected chi connectivity index (χ1v) is 9.07. The molecule has 0 saturated heterocycles. The molecule has 0 heterocycles. The summed E-state index contributed by atoms with van der Waals surface area (Å²) in [4.78, 5) is 12.5. The molecule has 2 aromatic carbocycles. The third kappa shape index (κ3) is 6.27. The van der Waals surface area contributed by atoms with Crippen LogP contribution in [0.4, 0.5) is 22.7 Å². The number of azo groups is 1. The molecule has 0 aliphatic heterocycles. The van der Waals surface area contributed by atoms with Gasteiger partial charge in [0.25, 0.3) is 5.69 Å². The van der Waals surface area contributed by atoms with Gasteiger partial charge >= 0.3 is 0 Å². The highest BCUT2D eigenvalue weighted by atomic mass is 16.6. The Kier molecular flexibility index (Phi) is 7.74. The Bertz CT molecular complexity index is 712. The lowest BCUT2D eigenvalue weighted by Crippen LogP contribution is -2.18. The third-order valence-corrected chi connectivity index (χ3v) is 4.23. The van der Waals surface area contributed by atoms with Crippen molar-refractivity contribution in [1.82, 2.24) is 0 Å². The number of non-ortho nitro benzene ring substituents is 1. The van der Waals surface area contributed by atoms with Gasteiger partial charge in [-0.05, 0) is 42.8 Å². The fraction of sp³-hybridized carbons (Fsp3) is 0.400. The highest BCUT2D eigenvalue weighted by Crippen LogP contribution is 2.23. The fourth-order valence-electron chi connectivity index (χ4n) is 2.61. The number of benzene rings is 2. The first-order chi connectivity index (χ1) is 12.6. The number of nitro benzene ring substituents is 1. The van der Waals surface area contributed by atoms with E-state index in [0.717, 1.165) is 17.9 Å². The van der Waals surface area contributed by atoms with Crippen LogP contribution in [0.15, 0.2) is 58.8 Å². The van der Waals surface area contributed by atoms with E-state index in [4.69, 9.17) is 0 Å². The van der Waals surface area contributed by atoms with Crippen molar-refractivity contribution in [3.05, 3.63) is 58.6 Å². The summed E-state index contributed by atoms with van der Waals surface area (Å²) in [6.45, 7) is 3.28. The number of nitrogens with zero attached hydrogens (tertiary/aromatic N) is 4. The van der Waals surface area contributed by atoms with Crippen molar-refractivity contribution < 1.29 is 4.92 Å². The van der Waals surface area contributed by atoms with Crippen LogP contribution in [0, 0.1) is 10.1 Å². The molecule has 0 fully saturated rings. The molecule has 0 saturated carbocycles. The highest BCUT2D eigenvalue weighted by molar-refractivity contribution is 5.52. The molecule has 2 aromatic rings. The van der Waals surface area contributed by atoms with Crippen LogP contribution < -0.4 is 4.90 Å². The summed E-state index contributed by atoms with van der Waals surface area (Å²) >= 11 is 0. The number of unbranched alkanes of at least 4 members (excludes halogenated alkanes) is 4. The first-order valence-electron chi connectivity index (χ1n) is 9.07. The minimum absolute atomic E-state index is 0.0473. The Morgan fingerprint density at radius 3 is 1.96 bits per heavy atom. The zero-order valence-electron chi connectivity index (χ0n) is 15.5. The molecule has 2 rings (SSSR count). The quantitative estimate of drug-likeness (QED) is 0.214. The molecule has 0 N–H and O–H groups in total. The van der Waals surface area contributed by atoms with Crippen molar-refractivity contribution in [2.24, 2.45) is 10.2 Å². The molecule has 0 bridgehead atoms. The molecule has 6 heteroatoms. The molecular formula is C20H26N4O2. The Morgan fingerprint density at radius 2 is 1.42 bits per heavy atom. The third-order valence-electron chi connectivity index (χ3n) is 4.23. The molecule has 0 unspecified atom stereocenters. The van der Waals surface area contributed by atoms with E-state index in [1.165, 1.54) is 44.2 Å².